The Bertz CT molecular complexity index is 1350. The zero-order chi connectivity index (χ0) is 23.4. The van der Waals surface area contributed by atoms with E-state index in [9.17, 15) is 19.6 Å². The Morgan fingerprint density at radius 1 is 1.15 bits per heavy atom. The number of aliphatic carboxylic acids is 1. The normalized spacial score (nSPS) is 11.8. The number of nitrogens with two attached hydrogens (primary N) is 1. The van der Waals surface area contributed by atoms with Crippen LogP contribution < -0.4 is 10.5 Å². The molecule has 1 heterocycles. The zero-order valence-corrected chi connectivity index (χ0v) is 17.6. The van der Waals surface area contributed by atoms with Crippen molar-refractivity contribution in [3.05, 3.63) is 89.2 Å². The summed E-state index contributed by atoms with van der Waals surface area (Å²) in [6.07, 6.45) is 0.0604. The van der Waals surface area contributed by atoms with Crippen molar-refractivity contribution in [3.63, 3.8) is 0 Å². The molecule has 0 aliphatic carbocycles. The molecule has 0 aliphatic heterocycles. The molecule has 33 heavy (non-hydrogen) atoms. The molecule has 4 rings (SSSR count). The largest absolute Gasteiger partial charge is 0.489 e. The first-order valence-corrected chi connectivity index (χ1v) is 10.3. The number of carboxylic acid groups (broad SMARTS) is 1. The van der Waals surface area contributed by atoms with E-state index in [0.29, 0.717) is 22.5 Å². The third-order valence-corrected chi connectivity index (χ3v) is 5.21. The van der Waals surface area contributed by atoms with Gasteiger partial charge in [-0.2, -0.15) is 5.26 Å². The van der Waals surface area contributed by atoms with Crippen LogP contribution in [-0.4, -0.2) is 17.4 Å². The molecule has 4 aromatic rings. The molecule has 6 nitrogen and oxygen atoms in total. The van der Waals surface area contributed by atoms with E-state index in [1.165, 1.54) is 0 Å². The second-order valence-corrected chi connectivity index (χ2v) is 7.70. The van der Waals surface area contributed by atoms with Gasteiger partial charge in [-0.1, -0.05) is 30.3 Å². The van der Waals surface area contributed by atoms with Gasteiger partial charge in [0.2, 0.25) is 0 Å². The number of furan rings is 1. The monoisotopic (exact) mass is 444 g/mol. The summed E-state index contributed by atoms with van der Waals surface area (Å²) in [6.45, 7) is 0.157. The van der Waals surface area contributed by atoms with Crippen molar-refractivity contribution in [1.29, 1.82) is 5.26 Å². The molecule has 7 heteroatoms. The molecule has 0 spiro atoms. The van der Waals surface area contributed by atoms with Crippen LogP contribution in [0.25, 0.3) is 22.1 Å². The summed E-state index contributed by atoms with van der Waals surface area (Å²) < 4.78 is 24.9. The third kappa shape index (κ3) is 5.20. The van der Waals surface area contributed by atoms with Crippen molar-refractivity contribution in [1.82, 2.24) is 0 Å². The standard InChI is InChI=1S/C26H21FN2O4/c27-24(29)12-16-2-1-3-19(8-16)22-10-18(9-21-6-7-32-26(21)22)15-33-23-11-17(14-28)4-5-20(23)13-25(30)31/h1-11,24H,12-13,15,29H2,(H,30,31)/t24-/m1/s1. The number of carbonyl (C=O) groups is 1. The van der Waals surface area contributed by atoms with Gasteiger partial charge in [0, 0.05) is 22.9 Å². The number of alkyl halides is 1. The molecule has 0 radical (unpaired) electrons. The van der Waals surface area contributed by atoms with Crippen LogP contribution in [0.4, 0.5) is 4.39 Å². The number of ether oxygens (including phenoxy) is 1. The third-order valence-electron chi connectivity index (χ3n) is 5.21. The Morgan fingerprint density at radius 2 is 2.00 bits per heavy atom. The van der Waals surface area contributed by atoms with Crippen LogP contribution in [0.5, 0.6) is 5.75 Å². The smallest absolute Gasteiger partial charge is 0.307 e. The van der Waals surface area contributed by atoms with Crippen molar-refractivity contribution in [2.75, 3.05) is 0 Å². The van der Waals surface area contributed by atoms with E-state index in [-0.39, 0.29) is 19.4 Å². The lowest BCUT2D eigenvalue weighted by Gasteiger charge is -2.13. The van der Waals surface area contributed by atoms with E-state index < -0.39 is 12.3 Å². The summed E-state index contributed by atoms with van der Waals surface area (Å²) in [4.78, 5) is 11.2. The Kier molecular flexibility index (Phi) is 6.38. The van der Waals surface area contributed by atoms with Crippen LogP contribution in [-0.2, 0) is 24.2 Å². The number of carboxylic acids is 1. The fourth-order valence-corrected chi connectivity index (χ4v) is 3.76. The molecular formula is C26H21FN2O4. The fourth-order valence-electron chi connectivity index (χ4n) is 3.76. The first kappa shape index (κ1) is 22.1. The minimum absolute atomic E-state index is 0.111. The van der Waals surface area contributed by atoms with Crippen molar-refractivity contribution in [2.45, 2.75) is 25.7 Å². The van der Waals surface area contributed by atoms with Gasteiger partial charge in [0.1, 0.15) is 17.9 Å². The summed E-state index contributed by atoms with van der Waals surface area (Å²) in [5.74, 6) is -0.635. The molecule has 0 amide bonds. The molecule has 0 unspecified atom stereocenters. The van der Waals surface area contributed by atoms with Crippen LogP contribution >= 0.6 is 0 Å². The number of hydrogen-bond acceptors (Lipinski definition) is 5. The Morgan fingerprint density at radius 3 is 2.76 bits per heavy atom. The summed E-state index contributed by atoms with van der Waals surface area (Å²) in [5.41, 5.74) is 10.2. The minimum atomic E-state index is -1.44. The predicted molar refractivity (Wildman–Crippen MR) is 121 cm³/mol. The maximum absolute atomic E-state index is 13.3. The van der Waals surface area contributed by atoms with Gasteiger partial charge in [-0.3, -0.25) is 4.79 Å². The molecule has 0 aliphatic rings. The summed E-state index contributed by atoms with van der Waals surface area (Å²) in [7, 11) is 0. The van der Waals surface area contributed by atoms with Gasteiger partial charge in [0.05, 0.1) is 24.3 Å². The SMILES string of the molecule is N#Cc1ccc(CC(=O)O)c(OCc2cc(-c3cccc(C[C@@H](N)F)c3)c3occc3c2)c1. The molecule has 0 saturated heterocycles. The van der Waals surface area contributed by atoms with Crippen LogP contribution in [0.2, 0.25) is 0 Å². The van der Waals surface area contributed by atoms with Gasteiger partial charge in [-0.15, -0.1) is 0 Å². The number of rotatable bonds is 8. The van der Waals surface area contributed by atoms with Gasteiger partial charge in [-0.25, -0.2) is 4.39 Å². The lowest BCUT2D eigenvalue weighted by Crippen LogP contribution is -2.15. The van der Waals surface area contributed by atoms with Crippen LogP contribution in [0.15, 0.2) is 71.3 Å². The topological polar surface area (TPSA) is 109 Å². The highest BCUT2D eigenvalue weighted by Gasteiger charge is 2.13. The molecule has 1 atom stereocenters. The number of halogens is 1. The molecular weight excluding hydrogens is 423 g/mol. The van der Waals surface area contributed by atoms with Crippen LogP contribution in [0, 0.1) is 11.3 Å². The molecule has 3 aromatic carbocycles. The maximum Gasteiger partial charge on any atom is 0.307 e. The number of benzene rings is 3. The Balaban J connectivity index is 1.67. The van der Waals surface area contributed by atoms with Crippen molar-refractivity contribution < 1.29 is 23.4 Å². The van der Waals surface area contributed by atoms with Crippen molar-refractivity contribution in [2.24, 2.45) is 5.73 Å². The van der Waals surface area contributed by atoms with E-state index in [0.717, 1.165) is 27.6 Å². The molecule has 0 saturated carbocycles. The lowest BCUT2D eigenvalue weighted by atomic mass is 9.98. The lowest BCUT2D eigenvalue weighted by molar-refractivity contribution is -0.136. The van der Waals surface area contributed by atoms with E-state index >= 15 is 0 Å². The van der Waals surface area contributed by atoms with Crippen LogP contribution in [0.1, 0.15) is 22.3 Å². The van der Waals surface area contributed by atoms with Crippen molar-refractivity contribution >= 4 is 16.9 Å². The molecule has 1 aromatic heterocycles. The highest BCUT2D eigenvalue weighted by atomic mass is 19.1. The predicted octanol–water partition coefficient (Wildman–Crippen LogP) is 4.97. The van der Waals surface area contributed by atoms with E-state index in [4.69, 9.17) is 14.9 Å². The highest BCUT2D eigenvalue weighted by Crippen LogP contribution is 2.32. The number of nitriles is 1. The summed E-state index contributed by atoms with van der Waals surface area (Å²) in [6, 6.07) is 19.9. The fraction of sp³-hybridized carbons (Fsp3) is 0.154. The summed E-state index contributed by atoms with van der Waals surface area (Å²) in [5, 5.41) is 19.2. The van der Waals surface area contributed by atoms with Gasteiger partial charge < -0.3 is 20.0 Å². The average Bonchev–Trinajstić information content (AvgIpc) is 3.26. The van der Waals surface area contributed by atoms with E-state index in [2.05, 4.69) is 0 Å². The van der Waals surface area contributed by atoms with Crippen LogP contribution in [0.3, 0.4) is 0 Å². The van der Waals surface area contributed by atoms with Gasteiger partial charge in [0.15, 0.2) is 6.30 Å². The maximum atomic E-state index is 13.3. The Labute approximate surface area is 189 Å². The van der Waals surface area contributed by atoms with Crippen molar-refractivity contribution in [3.8, 4) is 22.9 Å². The van der Waals surface area contributed by atoms with Gasteiger partial charge in [-0.05, 0) is 47.0 Å². The van der Waals surface area contributed by atoms with Gasteiger partial charge in [0.25, 0.3) is 0 Å². The molecule has 0 fully saturated rings. The summed E-state index contributed by atoms with van der Waals surface area (Å²) >= 11 is 0. The zero-order valence-electron chi connectivity index (χ0n) is 17.6. The minimum Gasteiger partial charge on any atom is -0.489 e. The second-order valence-electron chi connectivity index (χ2n) is 7.70. The molecule has 166 valence electrons. The number of hydrogen-bond donors (Lipinski definition) is 2. The number of fused-ring (bicyclic) bond motifs is 1. The molecule has 3 N–H and O–H groups in total. The Hall–Kier alpha value is -4.15. The van der Waals surface area contributed by atoms with Gasteiger partial charge >= 0.3 is 5.97 Å². The first-order valence-electron chi connectivity index (χ1n) is 10.3. The van der Waals surface area contributed by atoms with E-state index in [1.807, 2.05) is 48.5 Å². The first-order chi connectivity index (χ1) is 15.9. The van der Waals surface area contributed by atoms with E-state index in [1.54, 1.807) is 24.5 Å². The average molecular weight is 444 g/mol. The second kappa shape index (κ2) is 9.55. The molecule has 0 bridgehead atoms. The highest BCUT2D eigenvalue weighted by molar-refractivity contribution is 5.93. The number of nitrogens with zero attached hydrogens (tertiary/aromatic N) is 1. The quantitative estimate of drug-likeness (QED) is 0.371.